The first-order chi connectivity index (χ1) is 8.74. The Morgan fingerprint density at radius 1 is 1.11 bits per heavy atom. The fraction of sp³-hybridized carbons (Fsp3) is 0.0667. The van der Waals surface area contributed by atoms with Crippen molar-refractivity contribution in [3.63, 3.8) is 0 Å². The van der Waals surface area contributed by atoms with E-state index in [-0.39, 0.29) is 0 Å². The molecule has 1 N–H and O–H groups in total. The summed E-state index contributed by atoms with van der Waals surface area (Å²) in [5.74, 6) is 1.72. The van der Waals surface area contributed by atoms with Gasteiger partial charge in [-0.3, -0.25) is 0 Å². The third-order valence-electron chi connectivity index (χ3n) is 2.98. The van der Waals surface area contributed by atoms with Gasteiger partial charge in [-0.1, -0.05) is 22.0 Å². The minimum Gasteiger partial charge on any atom is -0.457 e. The van der Waals surface area contributed by atoms with E-state index >= 15 is 0 Å². The zero-order valence-corrected chi connectivity index (χ0v) is 11.5. The highest BCUT2D eigenvalue weighted by atomic mass is 79.9. The van der Waals surface area contributed by atoms with Crippen LogP contribution in [-0.2, 0) is 0 Å². The van der Waals surface area contributed by atoms with Gasteiger partial charge in [-0.25, -0.2) is 0 Å². The first-order valence-corrected chi connectivity index (χ1v) is 6.53. The van der Waals surface area contributed by atoms with Gasteiger partial charge in [0.25, 0.3) is 0 Å². The second kappa shape index (κ2) is 4.50. The minimum absolute atomic E-state index is 0.836. The van der Waals surface area contributed by atoms with Crippen molar-refractivity contribution in [2.75, 3.05) is 0 Å². The van der Waals surface area contributed by atoms with Crippen LogP contribution in [0.1, 0.15) is 5.56 Å². The van der Waals surface area contributed by atoms with E-state index in [9.17, 15) is 0 Å². The molecule has 0 radical (unpaired) electrons. The fourth-order valence-corrected chi connectivity index (χ4v) is 2.41. The van der Waals surface area contributed by atoms with E-state index in [0.29, 0.717) is 0 Å². The molecule has 1 heterocycles. The smallest absolute Gasteiger partial charge is 0.131 e. The van der Waals surface area contributed by atoms with Gasteiger partial charge in [0.2, 0.25) is 0 Å². The number of aromatic amines is 1. The predicted molar refractivity (Wildman–Crippen MR) is 77.3 cm³/mol. The number of aromatic nitrogens is 1. The molecule has 0 aliphatic rings. The van der Waals surface area contributed by atoms with Crippen molar-refractivity contribution in [1.82, 2.24) is 4.98 Å². The van der Waals surface area contributed by atoms with Gasteiger partial charge < -0.3 is 9.72 Å². The molecule has 2 aromatic carbocycles. The van der Waals surface area contributed by atoms with Crippen LogP contribution in [0.3, 0.4) is 0 Å². The largest absolute Gasteiger partial charge is 0.457 e. The molecule has 2 nitrogen and oxygen atoms in total. The first kappa shape index (κ1) is 11.4. The van der Waals surface area contributed by atoms with Crippen LogP contribution < -0.4 is 4.74 Å². The van der Waals surface area contributed by atoms with Gasteiger partial charge in [0.15, 0.2) is 0 Å². The lowest BCUT2D eigenvalue weighted by Gasteiger charge is -2.09. The number of nitrogens with one attached hydrogen (secondary N) is 1. The van der Waals surface area contributed by atoms with Crippen LogP contribution in [0.2, 0.25) is 0 Å². The zero-order chi connectivity index (χ0) is 12.5. The molecular formula is C15H12BrNO. The van der Waals surface area contributed by atoms with Crippen LogP contribution in [0.25, 0.3) is 10.9 Å². The van der Waals surface area contributed by atoms with E-state index < -0.39 is 0 Å². The quantitative estimate of drug-likeness (QED) is 0.705. The Morgan fingerprint density at radius 3 is 2.83 bits per heavy atom. The highest BCUT2D eigenvalue weighted by Gasteiger charge is 2.06. The number of H-pyrrole nitrogens is 1. The first-order valence-electron chi connectivity index (χ1n) is 5.74. The van der Waals surface area contributed by atoms with Crippen LogP contribution >= 0.6 is 15.9 Å². The summed E-state index contributed by atoms with van der Waals surface area (Å²) in [5, 5.41) is 1.20. The number of rotatable bonds is 2. The lowest BCUT2D eigenvalue weighted by Crippen LogP contribution is -1.88. The highest BCUT2D eigenvalue weighted by Crippen LogP contribution is 2.31. The van der Waals surface area contributed by atoms with E-state index in [2.05, 4.69) is 33.9 Å². The van der Waals surface area contributed by atoms with E-state index in [1.54, 1.807) is 0 Å². The van der Waals surface area contributed by atoms with E-state index in [1.165, 1.54) is 5.39 Å². The predicted octanol–water partition coefficient (Wildman–Crippen LogP) is 5.03. The Labute approximate surface area is 114 Å². The number of benzene rings is 2. The monoisotopic (exact) mass is 301 g/mol. The van der Waals surface area contributed by atoms with Crippen molar-refractivity contribution in [3.05, 3.63) is 58.7 Å². The van der Waals surface area contributed by atoms with Gasteiger partial charge in [-0.05, 0) is 43.3 Å². The number of hydrogen-bond acceptors (Lipinski definition) is 1. The molecule has 3 aromatic rings. The molecule has 3 heteroatoms. The molecule has 90 valence electrons. The lowest BCUT2D eigenvalue weighted by atomic mass is 10.1. The van der Waals surface area contributed by atoms with Crippen LogP contribution in [0.15, 0.2) is 53.1 Å². The summed E-state index contributed by atoms with van der Waals surface area (Å²) in [6.07, 6.45) is 1.94. The average molecular weight is 302 g/mol. The van der Waals surface area contributed by atoms with Crippen molar-refractivity contribution < 1.29 is 4.74 Å². The molecule has 3 rings (SSSR count). The minimum atomic E-state index is 0.836. The average Bonchev–Trinajstić information content (AvgIpc) is 2.82. The van der Waals surface area contributed by atoms with Gasteiger partial charge >= 0.3 is 0 Å². The van der Waals surface area contributed by atoms with Gasteiger partial charge in [-0.2, -0.15) is 0 Å². The molecule has 1 aromatic heterocycles. The molecule has 18 heavy (non-hydrogen) atoms. The summed E-state index contributed by atoms with van der Waals surface area (Å²) in [7, 11) is 0. The Morgan fingerprint density at radius 2 is 2.00 bits per heavy atom. The highest BCUT2D eigenvalue weighted by molar-refractivity contribution is 9.10. The molecule has 0 saturated carbocycles. The summed E-state index contributed by atoms with van der Waals surface area (Å²) < 4.78 is 6.94. The van der Waals surface area contributed by atoms with Crippen molar-refractivity contribution in [2.45, 2.75) is 6.92 Å². The summed E-state index contributed by atoms with van der Waals surface area (Å²) in [4.78, 5) is 3.20. The van der Waals surface area contributed by atoms with Crippen molar-refractivity contribution in [2.24, 2.45) is 0 Å². The van der Waals surface area contributed by atoms with Crippen LogP contribution in [0, 0.1) is 6.92 Å². The summed E-state index contributed by atoms with van der Waals surface area (Å²) >= 11 is 3.44. The van der Waals surface area contributed by atoms with Crippen LogP contribution in [0.4, 0.5) is 0 Å². The number of ether oxygens (including phenoxy) is 1. The van der Waals surface area contributed by atoms with Crippen molar-refractivity contribution >= 4 is 26.8 Å². The van der Waals surface area contributed by atoms with Crippen LogP contribution in [0.5, 0.6) is 11.5 Å². The number of hydrogen-bond donors (Lipinski definition) is 1. The normalized spacial score (nSPS) is 10.8. The number of halogens is 1. The molecule has 0 aliphatic carbocycles. The van der Waals surface area contributed by atoms with Crippen molar-refractivity contribution in [3.8, 4) is 11.5 Å². The molecule has 0 saturated heterocycles. The van der Waals surface area contributed by atoms with E-state index in [1.807, 2.05) is 42.6 Å². The van der Waals surface area contributed by atoms with Gasteiger partial charge in [0, 0.05) is 27.1 Å². The Hall–Kier alpha value is -1.74. The summed E-state index contributed by atoms with van der Waals surface area (Å²) in [5.41, 5.74) is 2.28. The lowest BCUT2D eigenvalue weighted by molar-refractivity contribution is 0.479. The van der Waals surface area contributed by atoms with Gasteiger partial charge in [-0.15, -0.1) is 0 Å². The Bertz CT molecular complexity index is 703. The maximum absolute atomic E-state index is 5.92. The molecular weight excluding hydrogens is 290 g/mol. The van der Waals surface area contributed by atoms with E-state index in [4.69, 9.17) is 4.74 Å². The standard InChI is InChI=1S/C15H12BrNO/c1-10-13-7-8-17-14(13)5-6-15(10)18-12-4-2-3-11(16)9-12/h2-9,17H,1H3. The van der Waals surface area contributed by atoms with Crippen molar-refractivity contribution in [1.29, 1.82) is 0 Å². The fourth-order valence-electron chi connectivity index (χ4n) is 2.03. The maximum atomic E-state index is 5.92. The second-order valence-electron chi connectivity index (χ2n) is 4.19. The maximum Gasteiger partial charge on any atom is 0.131 e. The molecule has 0 unspecified atom stereocenters. The van der Waals surface area contributed by atoms with Crippen LogP contribution in [-0.4, -0.2) is 4.98 Å². The molecule has 0 atom stereocenters. The van der Waals surface area contributed by atoms with Gasteiger partial charge in [0.1, 0.15) is 11.5 Å². The summed E-state index contributed by atoms with van der Waals surface area (Å²) in [6, 6.07) is 14.0. The number of fused-ring (bicyclic) bond motifs is 1. The number of aryl methyl sites for hydroxylation is 1. The SMILES string of the molecule is Cc1c(Oc2cccc(Br)c2)ccc2[nH]ccc12. The van der Waals surface area contributed by atoms with Gasteiger partial charge in [0.05, 0.1) is 0 Å². The topological polar surface area (TPSA) is 25.0 Å². The third kappa shape index (κ3) is 2.02. The molecule has 0 spiro atoms. The van der Waals surface area contributed by atoms with E-state index in [0.717, 1.165) is 27.1 Å². The summed E-state index contributed by atoms with van der Waals surface area (Å²) in [6.45, 7) is 2.07. The molecule has 0 bridgehead atoms. The zero-order valence-electron chi connectivity index (χ0n) is 9.91. The Kier molecular flexibility index (Phi) is 2.84. The Balaban J connectivity index is 2.02. The third-order valence-corrected chi connectivity index (χ3v) is 3.47. The molecule has 0 amide bonds. The second-order valence-corrected chi connectivity index (χ2v) is 5.10. The molecule has 0 fully saturated rings. The molecule has 0 aliphatic heterocycles.